The fourth-order valence-electron chi connectivity index (χ4n) is 3.69. The monoisotopic (exact) mass is 392 g/mol. The lowest BCUT2D eigenvalue weighted by molar-refractivity contribution is 0.596. The summed E-state index contributed by atoms with van der Waals surface area (Å²) in [6.45, 7) is 3.06. The molecule has 0 bridgehead atoms. The van der Waals surface area contributed by atoms with E-state index in [9.17, 15) is 0 Å². The van der Waals surface area contributed by atoms with Crippen molar-refractivity contribution in [2.45, 2.75) is 51.9 Å². The zero-order chi connectivity index (χ0) is 19.9. The molecule has 0 radical (unpaired) electrons. The Labute approximate surface area is 171 Å². The Morgan fingerprint density at radius 2 is 1.90 bits per heavy atom. The molecular weight excluding hydrogens is 364 g/mol. The third-order valence-electron chi connectivity index (χ3n) is 5.28. The molecule has 0 unspecified atom stereocenters. The first-order valence-corrected chi connectivity index (χ1v) is 10.2. The first-order valence-electron chi connectivity index (χ1n) is 10.2. The molecule has 3 heterocycles. The fraction of sp³-hybridized carbons (Fsp3) is 0.429. The minimum Gasteiger partial charge on any atom is -0.352 e. The Morgan fingerprint density at radius 3 is 2.72 bits per heavy atom. The summed E-state index contributed by atoms with van der Waals surface area (Å²) in [4.78, 5) is 4.36. The lowest BCUT2D eigenvalue weighted by atomic mass is 10.1. The second-order valence-electron chi connectivity index (χ2n) is 7.25. The highest BCUT2D eigenvalue weighted by Gasteiger charge is 2.14. The van der Waals surface area contributed by atoms with E-state index in [1.54, 1.807) is 13.2 Å². The molecule has 8 nitrogen and oxygen atoms in total. The molecule has 0 saturated heterocycles. The quantitative estimate of drug-likeness (QED) is 0.496. The second kappa shape index (κ2) is 9.36. The van der Waals surface area contributed by atoms with Crippen LogP contribution in [0, 0.1) is 0 Å². The minimum absolute atomic E-state index is 0.613. The van der Waals surface area contributed by atoms with E-state index < -0.39 is 0 Å². The molecule has 1 aliphatic rings. The summed E-state index contributed by atoms with van der Waals surface area (Å²) < 4.78 is 4.19. The third kappa shape index (κ3) is 4.82. The summed E-state index contributed by atoms with van der Waals surface area (Å²) in [6.07, 6.45) is 8.46. The van der Waals surface area contributed by atoms with Crippen LogP contribution in [0.4, 0.5) is 0 Å². The predicted octanol–water partition coefficient (Wildman–Crippen LogP) is 2.11. The van der Waals surface area contributed by atoms with Gasteiger partial charge in [0.05, 0.1) is 13.1 Å². The number of hydrogen-bond donors (Lipinski definition) is 2. The van der Waals surface area contributed by atoms with Gasteiger partial charge in [-0.2, -0.15) is 5.10 Å². The maximum atomic E-state index is 4.38. The van der Waals surface area contributed by atoms with Gasteiger partial charge < -0.3 is 15.2 Å². The normalized spacial score (nSPS) is 14.3. The van der Waals surface area contributed by atoms with Crippen molar-refractivity contribution >= 4 is 5.96 Å². The number of fused-ring (bicyclic) bond motifs is 1. The zero-order valence-electron chi connectivity index (χ0n) is 16.9. The van der Waals surface area contributed by atoms with Crippen LogP contribution in [0.2, 0.25) is 0 Å². The van der Waals surface area contributed by atoms with E-state index in [4.69, 9.17) is 0 Å². The van der Waals surface area contributed by atoms with Gasteiger partial charge in [-0.3, -0.25) is 9.67 Å². The van der Waals surface area contributed by atoms with Gasteiger partial charge in [0.2, 0.25) is 0 Å². The van der Waals surface area contributed by atoms with Gasteiger partial charge in [0, 0.05) is 39.0 Å². The molecule has 1 aliphatic heterocycles. The van der Waals surface area contributed by atoms with Gasteiger partial charge in [-0.15, -0.1) is 10.2 Å². The number of hydrogen-bond acceptors (Lipinski definition) is 4. The highest BCUT2D eigenvalue weighted by atomic mass is 15.3. The van der Waals surface area contributed by atoms with Crippen LogP contribution in [-0.2, 0) is 32.6 Å². The number of aromatic nitrogens is 5. The van der Waals surface area contributed by atoms with Gasteiger partial charge in [-0.1, -0.05) is 30.7 Å². The summed E-state index contributed by atoms with van der Waals surface area (Å²) >= 11 is 0. The molecule has 2 aromatic heterocycles. The number of nitrogens with zero attached hydrogens (tertiary/aromatic N) is 6. The second-order valence-corrected chi connectivity index (χ2v) is 7.25. The van der Waals surface area contributed by atoms with Gasteiger partial charge in [-0.25, -0.2) is 0 Å². The van der Waals surface area contributed by atoms with E-state index in [0.717, 1.165) is 37.1 Å². The molecule has 0 amide bonds. The van der Waals surface area contributed by atoms with E-state index in [2.05, 4.69) is 59.8 Å². The molecule has 8 heteroatoms. The third-order valence-corrected chi connectivity index (χ3v) is 5.28. The zero-order valence-corrected chi connectivity index (χ0v) is 16.9. The first-order chi connectivity index (χ1) is 14.3. The molecular formula is C21H28N8. The molecule has 0 saturated carbocycles. The van der Waals surface area contributed by atoms with Gasteiger partial charge >= 0.3 is 0 Å². The van der Waals surface area contributed by atoms with E-state index in [1.165, 1.54) is 30.4 Å². The highest BCUT2D eigenvalue weighted by Crippen LogP contribution is 2.14. The Morgan fingerprint density at radius 1 is 1.03 bits per heavy atom. The molecule has 1 aromatic carbocycles. The van der Waals surface area contributed by atoms with Crippen LogP contribution in [0.5, 0.6) is 0 Å². The molecule has 0 atom stereocenters. The van der Waals surface area contributed by atoms with Crippen LogP contribution >= 0.6 is 0 Å². The number of aliphatic imine (C=N–C) groups is 1. The Hall–Kier alpha value is -3.16. The SMILES string of the molecule is CN=C(NCc1ccccc1Cn1cccn1)NCc1nnc2n1CCCCC2. The summed E-state index contributed by atoms with van der Waals surface area (Å²) in [6, 6.07) is 10.3. The molecule has 152 valence electrons. The number of guanidine groups is 1. The highest BCUT2D eigenvalue weighted by molar-refractivity contribution is 5.79. The number of benzene rings is 1. The van der Waals surface area contributed by atoms with Crippen molar-refractivity contribution in [2.75, 3.05) is 7.05 Å². The number of nitrogens with one attached hydrogen (secondary N) is 2. The predicted molar refractivity (Wildman–Crippen MR) is 112 cm³/mol. The minimum atomic E-state index is 0.613. The smallest absolute Gasteiger partial charge is 0.191 e. The van der Waals surface area contributed by atoms with Crippen LogP contribution in [0.15, 0.2) is 47.7 Å². The number of aryl methyl sites for hydroxylation is 1. The summed E-state index contributed by atoms with van der Waals surface area (Å²) in [5.41, 5.74) is 2.46. The molecule has 0 aliphatic carbocycles. The van der Waals surface area contributed by atoms with Crippen molar-refractivity contribution in [3.05, 3.63) is 65.5 Å². The van der Waals surface area contributed by atoms with E-state index in [-0.39, 0.29) is 0 Å². The van der Waals surface area contributed by atoms with Gasteiger partial charge in [0.1, 0.15) is 5.82 Å². The fourth-order valence-corrected chi connectivity index (χ4v) is 3.69. The van der Waals surface area contributed by atoms with Crippen molar-refractivity contribution < 1.29 is 0 Å². The Kier molecular flexibility index (Phi) is 6.19. The van der Waals surface area contributed by atoms with Crippen molar-refractivity contribution in [3.63, 3.8) is 0 Å². The molecule has 29 heavy (non-hydrogen) atoms. The standard InChI is InChI=1S/C21H28N8/c1-22-21(24-15-20-27-26-19-10-3-2-6-13-29(19)20)23-14-17-8-4-5-9-18(17)16-28-12-7-11-25-28/h4-5,7-9,11-12H,2-3,6,10,13-16H2,1H3,(H2,22,23,24). The van der Waals surface area contributed by atoms with Crippen LogP contribution < -0.4 is 10.6 Å². The number of rotatable bonds is 6. The summed E-state index contributed by atoms with van der Waals surface area (Å²) in [5.74, 6) is 2.84. The van der Waals surface area contributed by atoms with Crippen molar-refractivity contribution in [1.82, 2.24) is 35.2 Å². The van der Waals surface area contributed by atoms with Crippen LogP contribution in [0.3, 0.4) is 0 Å². The molecule has 3 aromatic rings. The lowest BCUT2D eigenvalue weighted by Gasteiger charge is -2.15. The summed E-state index contributed by atoms with van der Waals surface area (Å²) in [7, 11) is 1.79. The maximum Gasteiger partial charge on any atom is 0.191 e. The van der Waals surface area contributed by atoms with Crippen LogP contribution in [0.25, 0.3) is 0 Å². The average Bonchev–Trinajstić information content (AvgIpc) is 3.33. The van der Waals surface area contributed by atoms with Crippen molar-refractivity contribution in [1.29, 1.82) is 0 Å². The molecule has 0 fully saturated rings. The average molecular weight is 393 g/mol. The first kappa shape index (κ1) is 19.2. The van der Waals surface area contributed by atoms with E-state index >= 15 is 0 Å². The topological polar surface area (TPSA) is 84.9 Å². The van der Waals surface area contributed by atoms with E-state index in [0.29, 0.717) is 13.1 Å². The maximum absolute atomic E-state index is 4.38. The van der Waals surface area contributed by atoms with Gasteiger partial charge in [0.25, 0.3) is 0 Å². The van der Waals surface area contributed by atoms with Gasteiger partial charge in [0.15, 0.2) is 11.8 Å². The Balaban J connectivity index is 1.35. The van der Waals surface area contributed by atoms with Crippen molar-refractivity contribution in [3.8, 4) is 0 Å². The van der Waals surface area contributed by atoms with Crippen molar-refractivity contribution in [2.24, 2.45) is 4.99 Å². The lowest BCUT2D eigenvalue weighted by Crippen LogP contribution is -2.37. The molecule has 2 N–H and O–H groups in total. The van der Waals surface area contributed by atoms with Crippen LogP contribution in [-0.4, -0.2) is 37.6 Å². The van der Waals surface area contributed by atoms with Gasteiger partial charge in [-0.05, 0) is 30.0 Å². The molecule has 0 spiro atoms. The largest absolute Gasteiger partial charge is 0.352 e. The summed E-state index contributed by atoms with van der Waals surface area (Å²) in [5, 5.41) is 19.8. The molecule has 4 rings (SSSR count). The van der Waals surface area contributed by atoms with E-state index in [1.807, 2.05) is 16.9 Å². The van der Waals surface area contributed by atoms with Crippen LogP contribution in [0.1, 0.15) is 42.0 Å². The Bertz CT molecular complexity index is 942.